The third-order valence-corrected chi connectivity index (χ3v) is 1.78. The molecular weight excluding hydrogens is 166 g/mol. The summed E-state index contributed by atoms with van der Waals surface area (Å²) in [5, 5.41) is 0. The SMILES string of the molecule is CCc1cnc2ncnc(N)c2n1. The molecule has 0 saturated carbocycles. The van der Waals surface area contributed by atoms with E-state index in [0.29, 0.717) is 17.0 Å². The predicted octanol–water partition coefficient (Wildman–Crippen LogP) is 0.564. The molecule has 0 aliphatic carbocycles. The van der Waals surface area contributed by atoms with Gasteiger partial charge in [0.25, 0.3) is 0 Å². The lowest BCUT2D eigenvalue weighted by Crippen LogP contribution is -1.99. The second-order valence-corrected chi connectivity index (χ2v) is 2.65. The lowest BCUT2D eigenvalue weighted by atomic mass is 10.3. The molecule has 5 heteroatoms. The molecule has 2 N–H and O–H groups in total. The maximum atomic E-state index is 5.63. The second-order valence-electron chi connectivity index (χ2n) is 2.65. The van der Waals surface area contributed by atoms with Crippen molar-refractivity contribution in [2.45, 2.75) is 13.3 Å². The molecule has 2 aromatic heterocycles. The molecule has 0 aromatic carbocycles. The molecule has 0 radical (unpaired) electrons. The zero-order chi connectivity index (χ0) is 9.26. The van der Waals surface area contributed by atoms with Gasteiger partial charge in [0, 0.05) is 0 Å². The van der Waals surface area contributed by atoms with Crippen LogP contribution in [-0.2, 0) is 6.42 Å². The van der Waals surface area contributed by atoms with Gasteiger partial charge in [0.05, 0.1) is 11.9 Å². The summed E-state index contributed by atoms with van der Waals surface area (Å²) in [7, 11) is 0. The summed E-state index contributed by atoms with van der Waals surface area (Å²) in [6.45, 7) is 2.01. The largest absolute Gasteiger partial charge is 0.382 e. The van der Waals surface area contributed by atoms with E-state index < -0.39 is 0 Å². The van der Waals surface area contributed by atoms with Gasteiger partial charge in [-0.1, -0.05) is 6.92 Å². The molecule has 0 aliphatic heterocycles. The normalized spacial score (nSPS) is 10.5. The number of nitrogen functional groups attached to an aromatic ring is 1. The number of fused-ring (bicyclic) bond motifs is 1. The smallest absolute Gasteiger partial charge is 0.183 e. The topological polar surface area (TPSA) is 77.6 Å². The minimum atomic E-state index is 0.382. The Morgan fingerprint density at radius 3 is 2.92 bits per heavy atom. The molecule has 0 aliphatic rings. The number of hydrogen-bond acceptors (Lipinski definition) is 5. The van der Waals surface area contributed by atoms with Gasteiger partial charge < -0.3 is 5.73 Å². The van der Waals surface area contributed by atoms with Crippen LogP contribution in [0.15, 0.2) is 12.5 Å². The number of nitrogens with zero attached hydrogens (tertiary/aromatic N) is 4. The monoisotopic (exact) mass is 175 g/mol. The van der Waals surface area contributed by atoms with Crippen molar-refractivity contribution in [1.82, 2.24) is 19.9 Å². The molecule has 2 aromatic rings. The first kappa shape index (κ1) is 7.85. The highest BCUT2D eigenvalue weighted by atomic mass is 15.0. The van der Waals surface area contributed by atoms with Gasteiger partial charge in [-0.3, -0.25) is 0 Å². The first-order valence-corrected chi connectivity index (χ1v) is 4.03. The Kier molecular flexibility index (Phi) is 1.77. The van der Waals surface area contributed by atoms with Crippen molar-refractivity contribution in [3.05, 3.63) is 18.2 Å². The van der Waals surface area contributed by atoms with Crippen LogP contribution in [0.25, 0.3) is 11.2 Å². The summed E-state index contributed by atoms with van der Waals surface area (Å²) >= 11 is 0. The Bertz CT molecular complexity index is 439. The summed E-state index contributed by atoms with van der Waals surface area (Å²) in [6.07, 6.45) is 3.92. The van der Waals surface area contributed by atoms with E-state index in [9.17, 15) is 0 Å². The summed E-state index contributed by atoms with van der Waals surface area (Å²) in [5.74, 6) is 0.382. The first-order chi connectivity index (χ1) is 6.31. The molecule has 66 valence electrons. The van der Waals surface area contributed by atoms with Crippen LogP contribution in [0.5, 0.6) is 0 Å². The molecule has 2 heterocycles. The average molecular weight is 175 g/mol. The van der Waals surface area contributed by atoms with Gasteiger partial charge in [-0.15, -0.1) is 0 Å². The molecule has 0 bridgehead atoms. The molecule has 2 rings (SSSR count). The minimum Gasteiger partial charge on any atom is -0.382 e. The van der Waals surface area contributed by atoms with Gasteiger partial charge in [-0.2, -0.15) is 0 Å². The van der Waals surface area contributed by atoms with Crippen molar-refractivity contribution >= 4 is 17.0 Å². The molecule has 0 fully saturated rings. The van der Waals surface area contributed by atoms with Gasteiger partial charge in [0.1, 0.15) is 6.33 Å². The van der Waals surface area contributed by atoms with Crippen molar-refractivity contribution < 1.29 is 0 Å². The van der Waals surface area contributed by atoms with Gasteiger partial charge in [-0.25, -0.2) is 19.9 Å². The van der Waals surface area contributed by atoms with Crippen molar-refractivity contribution in [2.75, 3.05) is 5.73 Å². The lowest BCUT2D eigenvalue weighted by molar-refractivity contribution is 1.02. The predicted molar refractivity (Wildman–Crippen MR) is 48.9 cm³/mol. The van der Waals surface area contributed by atoms with Crippen LogP contribution in [0.4, 0.5) is 5.82 Å². The van der Waals surface area contributed by atoms with Crippen LogP contribution < -0.4 is 5.73 Å². The number of anilines is 1. The Hall–Kier alpha value is -1.78. The molecule has 0 atom stereocenters. The van der Waals surface area contributed by atoms with Gasteiger partial charge in [0.2, 0.25) is 0 Å². The number of hydrogen-bond donors (Lipinski definition) is 1. The van der Waals surface area contributed by atoms with Crippen molar-refractivity contribution in [1.29, 1.82) is 0 Å². The number of aryl methyl sites for hydroxylation is 1. The van der Waals surface area contributed by atoms with Crippen LogP contribution in [0, 0.1) is 0 Å². The molecule has 13 heavy (non-hydrogen) atoms. The lowest BCUT2D eigenvalue weighted by Gasteiger charge is -1.99. The molecule has 0 spiro atoms. The van der Waals surface area contributed by atoms with Crippen molar-refractivity contribution in [3.8, 4) is 0 Å². The van der Waals surface area contributed by atoms with E-state index in [2.05, 4.69) is 19.9 Å². The van der Waals surface area contributed by atoms with Gasteiger partial charge in [0.15, 0.2) is 17.0 Å². The Morgan fingerprint density at radius 1 is 1.31 bits per heavy atom. The van der Waals surface area contributed by atoms with Gasteiger partial charge in [-0.05, 0) is 6.42 Å². The Balaban J connectivity index is 2.74. The van der Waals surface area contributed by atoms with Crippen molar-refractivity contribution in [2.24, 2.45) is 0 Å². The van der Waals surface area contributed by atoms with E-state index >= 15 is 0 Å². The molecule has 0 saturated heterocycles. The van der Waals surface area contributed by atoms with Crippen LogP contribution in [-0.4, -0.2) is 19.9 Å². The molecule has 0 amide bonds. The first-order valence-electron chi connectivity index (χ1n) is 4.03. The highest BCUT2D eigenvalue weighted by molar-refractivity contribution is 5.80. The molecule has 0 unspecified atom stereocenters. The van der Waals surface area contributed by atoms with E-state index in [4.69, 9.17) is 5.73 Å². The van der Waals surface area contributed by atoms with E-state index in [1.54, 1.807) is 6.20 Å². The average Bonchev–Trinajstić information content (AvgIpc) is 2.18. The van der Waals surface area contributed by atoms with E-state index in [1.807, 2.05) is 6.92 Å². The highest BCUT2D eigenvalue weighted by Gasteiger charge is 2.03. The fourth-order valence-electron chi connectivity index (χ4n) is 1.06. The summed E-state index contributed by atoms with van der Waals surface area (Å²) < 4.78 is 0. The number of aromatic nitrogens is 4. The van der Waals surface area contributed by atoms with Crippen LogP contribution >= 0.6 is 0 Å². The zero-order valence-corrected chi connectivity index (χ0v) is 7.23. The summed E-state index contributed by atoms with van der Waals surface area (Å²) in [6, 6.07) is 0. The second kappa shape index (κ2) is 2.93. The Labute approximate surface area is 75.1 Å². The maximum Gasteiger partial charge on any atom is 0.183 e. The molecular formula is C8H9N5. The van der Waals surface area contributed by atoms with Crippen LogP contribution in [0.2, 0.25) is 0 Å². The van der Waals surface area contributed by atoms with E-state index in [-0.39, 0.29) is 0 Å². The highest BCUT2D eigenvalue weighted by Crippen LogP contribution is 2.11. The standard InChI is InChI=1S/C8H9N5/c1-2-5-3-10-8-6(13-5)7(9)11-4-12-8/h3-4H,2H2,1H3,(H2,9,10,11,12). The summed E-state index contributed by atoms with van der Waals surface area (Å²) in [4.78, 5) is 16.2. The Morgan fingerprint density at radius 2 is 2.15 bits per heavy atom. The zero-order valence-electron chi connectivity index (χ0n) is 7.23. The van der Waals surface area contributed by atoms with E-state index in [0.717, 1.165) is 12.1 Å². The molecule has 5 nitrogen and oxygen atoms in total. The third kappa shape index (κ3) is 1.28. The van der Waals surface area contributed by atoms with Crippen LogP contribution in [0.3, 0.4) is 0 Å². The fraction of sp³-hybridized carbons (Fsp3) is 0.250. The summed E-state index contributed by atoms with van der Waals surface area (Å²) in [5.41, 5.74) is 7.65. The number of nitrogens with two attached hydrogens (primary N) is 1. The third-order valence-electron chi connectivity index (χ3n) is 1.78. The van der Waals surface area contributed by atoms with Crippen LogP contribution in [0.1, 0.15) is 12.6 Å². The van der Waals surface area contributed by atoms with Crippen molar-refractivity contribution in [3.63, 3.8) is 0 Å². The van der Waals surface area contributed by atoms with Gasteiger partial charge >= 0.3 is 0 Å². The fourth-order valence-corrected chi connectivity index (χ4v) is 1.06. The van der Waals surface area contributed by atoms with E-state index in [1.165, 1.54) is 6.33 Å². The minimum absolute atomic E-state index is 0.382. The quantitative estimate of drug-likeness (QED) is 0.685. The maximum absolute atomic E-state index is 5.63. The number of rotatable bonds is 1.